The van der Waals surface area contributed by atoms with Crippen LogP contribution in [-0.4, -0.2) is 24.3 Å². The smallest absolute Gasteiger partial charge is 0.407 e. The molecule has 2 N–H and O–H groups in total. The van der Waals surface area contributed by atoms with Crippen LogP contribution in [0.1, 0.15) is 58.4 Å². The van der Waals surface area contributed by atoms with Crippen molar-refractivity contribution >= 4 is 17.4 Å². The van der Waals surface area contributed by atoms with Gasteiger partial charge < -0.3 is 15.4 Å². The Hall–Kier alpha value is -1.07. The van der Waals surface area contributed by atoms with E-state index in [1.807, 2.05) is 20.8 Å². The van der Waals surface area contributed by atoms with Gasteiger partial charge >= 0.3 is 6.09 Å². The van der Waals surface area contributed by atoms with Crippen LogP contribution in [0.15, 0.2) is 17.5 Å². The highest BCUT2D eigenvalue weighted by atomic mass is 32.1. The van der Waals surface area contributed by atoms with E-state index in [0.717, 1.165) is 0 Å². The second-order valence-electron chi connectivity index (χ2n) is 7.73. The van der Waals surface area contributed by atoms with Crippen molar-refractivity contribution < 1.29 is 9.53 Å². The number of nitrogens with one attached hydrogen (secondary N) is 2. The molecule has 0 spiro atoms. The van der Waals surface area contributed by atoms with Crippen LogP contribution in [-0.2, 0) is 4.74 Å². The Bertz CT molecular complexity index is 490. The predicted molar refractivity (Wildman–Crippen MR) is 95.8 cm³/mol. The Balaban J connectivity index is 1.92. The van der Waals surface area contributed by atoms with Crippen molar-refractivity contribution in [2.45, 2.75) is 65.1 Å². The van der Waals surface area contributed by atoms with E-state index in [1.165, 1.54) is 17.7 Å². The van der Waals surface area contributed by atoms with E-state index in [0.29, 0.717) is 30.5 Å². The van der Waals surface area contributed by atoms with Gasteiger partial charge in [0.1, 0.15) is 5.60 Å². The number of alkyl carbamates (subject to hydrolysis) is 1. The highest BCUT2D eigenvalue weighted by molar-refractivity contribution is 7.10. The molecule has 0 aromatic carbocycles. The minimum atomic E-state index is -0.454. The van der Waals surface area contributed by atoms with Gasteiger partial charge in [-0.3, -0.25) is 0 Å². The zero-order valence-corrected chi connectivity index (χ0v) is 15.7. The molecule has 1 aliphatic carbocycles. The first kappa shape index (κ1) is 18.3. The van der Waals surface area contributed by atoms with Gasteiger partial charge in [0, 0.05) is 23.5 Å². The van der Waals surface area contributed by atoms with Crippen LogP contribution in [0, 0.1) is 11.8 Å². The molecule has 1 aromatic rings. The standard InChI is InChI=1S/C18H30N2O2S/c1-12(2)16(15-7-6-10-23-15)20-14(13-8-9-13)11-19-17(21)22-18(3,4)5/h6-7,10,12-14,16,20H,8-9,11H2,1-5H3,(H,19,21). The van der Waals surface area contributed by atoms with Crippen molar-refractivity contribution in [3.8, 4) is 0 Å². The first-order valence-electron chi connectivity index (χ1n) is 8.52. The number of hydrogen-bond donors (Lipinski definition) is 2. The molecule has 0 saturated heterocycles. The topological polar surface area (TPSA) is 50.4 Å². The number of carbonyl (C=O) groups is 1. The van der Waals surface area contributed by atoms with E-state index in [9.17, 15) is 4.79 Å². The largest absolute Gasteiger partial charge is 0.444 e. The lowest BCUT2D eigenvalue weighted by molar-refractivity contribution is 0.0519. The van der Waals surface area contributed by atoms with Gasteiger partial charge in [-0.2, -0.15) is 0 Å². The average Bonchev–Trinajstić information content (AvgIpc) is 3.12. The first-order valence-corrected chi connectivity index (χ1v) is 9.40. The molecule has 2 unspecified atom stereocenters. The SMILES string of the molecule is CC(C)C(NC(CNC(=O)OC(C)(C)C)C1CC1)c1cccs1. The Morgan fingerprint density at radius 2 is 2.09 bits per heavy atom. The van der Waals surface area contributed by atoms with Crippen molar-refractivity contribution in [2.24, 2.45) is 11.8 Å². The average molecular weight is 339 g/mol. The highest BCUT2D eigenvalue weighted by Crippen LogP contribution is 2.35. The fourth-order valence-corrected chi connectivity index (χ4v) is 3.63. The Kier molecular flexibility index (Phi) is 6.09. The molecule has 1 aromatic heterocycles. The van der Waals surface area contributed by atoms with E-state index in [-0.39, 0.29) is 6.09 Å². The van der Waals surface area contributed by atoms with Gasteiger partial charge in [-0.1, -0.05) is 19.9 Å². The van der Waals surface area contributed by atoms with Crippen LogP contribution in [0.4, 0.5) is 4.79 Å². The lowest BCUT2D eigenvalue weighted by Gasteiger charge is -2.28. The third kappa shape index (κ3) is 6.15. The number of hydrogen-bond acceptors (Lipinski definition) is 4. The minimum absolute atomic E-state index is 0.303. The molecule has 130 valence electrons. The Morgan fingerprint density at radius 3 is 2.57 bits per heavy atom. The van der Waals surface area contributed by atoms with E-state index in [2.05, 4.69) is 42.0 Å². The molecule has 4 nitrogen and oxygen atoms in total. The molecule has 2 atom stereocenters. The van der Waals surface area contributed by atoms with Gasteiger partial charge in [-0.15, -0.1) is 11.3 Å². The maximum atomic E-state index is 11.9. The van der Waals surface area contributed by atoms with Crippen molar-refractivity contribution in [2.75, 3.05) is 6.54 Å². The molecule has 0 radical (unpaired) electrons. The van der Waals surface area contributed by atoms with Crippen molar-refractivity contribution in [3.05, 3.63) is 22.4 Å². The van der Waals surface area contributed by atoms with Gasteiger partial charge in [-0.05, 0) is 56.9 Å². The molecule has 1 saturated carbocycles. The molecule has 1 heterocycles. The zero-order chi connectivity index (χ0) is 17.0. The third-order valence-corrected chi connectivity index (χ3v) is 4.92. The van der Waals surface area contributed by atoms with E-state index < -0.39 is 5.60 Å². The summed E-state index contributed by atoms with van der Waals surface area (Å²) in [6.45, 7) is 10.7. The molecule has 1 amide bonds. The van der Waals surface area contributed by atoms with Gasteiger partial charge in [0.05, 0.1) is 0 Å². The van der Waals surface area contributed by atoms with E-state index in [4.69, 9.17) is 4.74 Å². The lowest BCUT2D eigenvalue weighted by atomic mass is 10.0. The van der Waals surface area contributed by atoms with Crippen LogP contribution >= 0.6 is 11.3 Å². The summed E-state index contributed by atoms with van der Waals surface area (Å²) in [6.07, 6.45) is 2.15. The maximum Gasteiger partial charge on any atom is 0.407 e. The maximum absolute atomic E-state index is 11.9. The summed E-state index contributed by atoms with van der Waals surface area (Å²) in [5, 5.41) is 8.83. The number of amides is 1. The molecular formula is C18H30N2O2S. The van der Waals surface area contributed by atoms with Gasteiger partial charge in [0.25, 0.3) is 0 Å². The van der Waals surface area contributed by atoms with Crippen LogP contribution < -0.4 is 10.6 Å². The van der Waals surface area contributed by atoms with Crippen LogP contribution in [0.2, 0.25) is 0 Å². The monoisotopic (exact) mass is 338 g/mol. The first-order chi connectivity index (χ1) is 10.8. The quantitative estimate of drug-likeness (QED) is 0.777. The molecule has 5 heteroatoms. The van der Waals surface area contributed by atoms with E-state index in [1.54, 1.807) is 11.3 Å². The highest BCUT2D eigenvalue weighted by Gasteiger charge is 2.34. The fourth-order valence-electron chi connectivity index (χ4n) is 2.67. The van der Waals surface area contributed by atoms with Crippen LogP contribution in [0.3, 0.4) is 0 Å². The van der Waals surface area contributed by atoms with Crippen LogP contribution in [0.5, 0.6) is 0 Å². The summed E-state index contributed by atoms with van der Waals surface area (Å²) < 4.78 is 5.34. The number of carbonyl (C=O) groups excluding carboxylic acids is 1. The lowest BCUT2D eigenvalue weighted by Crippen LogP contribution is -2.46. The second-order valence-corrected chi connectivity index (χ2v) is 8.71. The molecule has 1 fully saturated rings. The molecule has 0 bridgehead atoms. The normalized spacial score (nSPS) is 17.8. The van der Waals surface area contributed by atoms with Crippen molar-refractivity contribution in [3.63, 3.8) is 0 Å². The molecule has 23 heavy (non-hydrogen) atoms. The molecule has 2 rings (SSSR count). The van der Waals surface area contributed by atoms with Gasteiger partial charge in [0.15, 0.2) is 0 Å². The summed E-state index contributed by atoms with van der Waals surface area (Å²) in [5.41, 5.74) is -0.454. The van der Waals surface area contributed by atoms with Gasteiger partial charge in [0.2, 0.25) is 0 Å². The predicted octanol–water partition coefficient (Wildman–Crippen LogP) is 4.34. The minimum Gasteiger partial charge on any atom is -0.444 e. The summed E-state index contributed by atoms with van der Waals surface area (Å²) in [4.78, 5) is 13.3. The summed E-state index contributed by atoms with van der Waals surface area (Å²) in [6, 6.07) is 4.92. The van der Waals surface area contributed by atoms with Crippen LogP contribution in [0.25, 0.3) is 0 Å². The molecular weight excluding hydrogens is 308 g/mol. The van der Waals surface area contributed by atoms with Gasteiger partial charge in [-0.25, -0.2) is 4.79 Å². The molecule has 1 aliphatic rings. The number of rotatable bonds is 7. The number of ether oxygens (including phenoxy) is 1. The summed E-state index contributed by atoms with van der Waals surface area (Å²) >= 11 is 1.79. The van der Waals surface area contributed by atoms with E-state index >= 15 is 0 Å². The summed E-state index contributed by atoms with van der Waals surface area (Å²) in [5.74, 6) is 1.17. The third-order valence-electron chi connectivity index (χ3n) is 3.97. The molecule has 0 aliphatic heterocycles. The second kappa shape index (κ2) is 7.67. The number of thiophene rings is 1. The Morgan fingerprint density at radius 1 is 1.39 bits per heavy atom. The Labute approximate surface area is 144 Å². The van der Waals surface area contributed by atoms with Crippen molar-refractivity contribution in [1.82, 2.24) is 10.6 Å². The zero-order valence-electron chi connectivity index (χ0n) is 14.9. The summed E-state index contributed by atoms with van der Waals surface area (Å²) in [7, 11) is 0. The fraction of sp³-hybridized carbons (Fsp3) is 0.722. The van der Waals surface area contributed by atoms with Crippen molar-refractivity contribution in [1.29, 1.82) is 0 Å².